The summed E-state index contributed by atoms with van der Waals surface area (Å²) in [5, 5.41) is 0.703. The van der Waals surface area contributed by atoms with Crippen LogP contribution in [-0.2, 0) is 10.0 Å². The smallest absolute Gasteiger partial charge is 0.264 e. The molecule has 2 aromatic carbocycles. The average molecular weight is 344 g/mol. The molecule has 0 amide bonds. The van der Waals surface area contributed by atoms with Crippen molar-refractivity contribution in [3.63, 3.8) is 0 Å². The number of anilines is 1. The molecule has 112 valence electrons. The average Bonchev–Trinajstić information content (AvgIpc) is 2.40. The monoisotopic (exact) mass is 343 g/mol. The Hall–Kier alpha value is -1.23. The molecular weight excluding hydrogens is 329 g/mol. The normalized spacial score (nSPS) is 11.5. The summed E-state index contributed by atoms with van der Waals surface area (Å²) in [5.74, 6) is 0. The molecule has 0 aliphatic rings. The van der Waals surface area contributed by atoms with Crippen LogP contribution in [0.5, 0.6) is 0 Å². The summed E-state index contributed by atoms with van der Waals surface area (Å²) >= 11 is 11.8. The van der Waals surface area contributed by atoms with Crippen molar-refractivity contribution in [2.24, 2.45) is 0 Å². The van der Waals surface area contributed by atoms with E-state index in [0.717, 1.165) is 5.56 Å². The third kappa shape index (κ3) is 3.18. The first-order valence-electron chi connectivity index (χ1n) is 6.24. The number of nitrogens with zero attached hydrogens (tertiary/aromatic N) is 1. The van der Waals surface area contributed by atoms with Gasteiger partial charge in [-0.3, -0.25) is 4.31 Å². The van der Waals surface area contributed by atoms with E-state index in [4.69, 9.17) is 23.2 Å². The summed E-state index contributed by atoms with van der Waals surface area (Å²) in [6, 6.07) is 9.97. The number of benzene rings is 2. The van der Waals surface area contributed by atoms with E-state index in [1.807, 2.05) is 13.0 Å². The summed E-state index contributed by atoms with van der Waals surface area (Å²) in [7, 11) is -2.14. The maximum absolute atomic E-state index is 12.7. The van der Waals surface area contributed by atoms with Crippen LogP contribution in [0, 0.1) is 13.8 Å². The van der Waals surface area contributed by atoms with Gasteiger partial charge in [-0.15, -0.1) is 0 Å². The number of hydrogen-bond acceptors (Lipinski definition) is 2. The maximum Gasteiger partial charge on any atom is 0.264 e. The summed E-state index contributed by atoms with van der Waals surface area (Å²) in [5.41, 5.74) is 2.19. The molecule has 3 nitrogen and oxygen atoms in total. The second-order valence-electron chi connectivity index (χ2n) is 4.84. The van der Waals surface area contributed by atoms with Crippen molar-refractivity contribution < 1.29 is 8.42 Å². The first-order chi connectivity index (χ1) is 9.73. The van der Waals surface area contributed by atoms with E-state index in [2.05, 4.69) is 0 Å². The van der Waals surface area contributed by atoms with Crippen LogP contribution in [0.2, 0.25) is 10.0 Å². The zero-order chi connectivity index (χ0) is 15.8. The molecule has 0 N–H and O–H groups in total. The quantitative estimate of drug-likeness (QED) is 0.826. The van der Waals surface area contributed by atoms with Gasteiger partial charge in [0.2, 0.25) is 0 Å². The molecule has 0 atom stereocenters. The highest BCUT2D eigenvalue weighted by atomic mass is 35.5. The molecule has 0 bridgehead atoms. The zero-order valence-corrected chi connectivity index (χ0v) is 14.2. The minimum atomic E-state index is -3.64. The van der Waals surface area contributed by atoms with Crippen molar-refractivity contribution in [2.75, 3.05) is 11.4 Å². The van der Waals surface area contributed by atoms with Crippen molar-refractivity contribution in [2.45, 2.75) is 18.7 Å². The van der Waals surface area contributed by atoms with E-state index in [1.165, 1.54) is 17.4 Å². The third-order valence-electron chi connectivity index (χ3n) is 3.24. The molecule has 0 saturated heterocycles. The summed E-state index contributed by atoms with van der Waals surface area (Å²) < 4.78 is 26.6. The van der Waals surface area contributed by atoms with Gasteiger partial charge in [0, 0.05) is 7.05 Å². The Morgan fingerprint density at radius 3 is 2.19 bits per heavy atom. The minimum Gasteiger partial charge on any atom is -0.269 e. The lowest BCUT2D eigenvalue weighted by Gasteiger charge is -2.21. The molecular formula is C15H15Cl2NO2S. The van der Waals surface area contributed by atoms with Crippen LogP contribution in [0.15, 0.2) is 41.3 Å². The fraction of sp³-hybridized carbons (Fsp3) is 0.200. The van der Waals surface area contributed by atoms with Gasteiger partial charge >= 0.3 is 0 Å². The van der Waals surface area contributed by atoms with Gasteiger partial charge in [-0.2, -0.15) is 0 Å². The molecule has 2 aromatic rings. The van der Waals surface area contributed by atoms with Crippen LogP contribution in [0.25, 0.3) is 0 Å². The zero-order valence-electron chi connectivity index (χ0n) is 11.9. The molecule has 21 heavy (non-hydrogen) atoms. The number of aryl methyl sites for hydroxylation is 2. The maximum atomic E-state index is 12.7. The van der Waals surface area contributed by atoms with E-state index in [-0.39, 0.29) is 4.90 Å². The van der Waals surface area contributed by atoms with Crippen molar-refractivity contribution in [1.82, 2.24) is 0 Å². The third-order valence-corrected chi connectivity index (χ3v) is 5.92. The predicted molar refractivity (Wildman–Crippen MR) is 88.0 cm³/mol. The molecule has 0 heterocycles. The lowest BCUT2D eigenvalue weighted by molar-refractivity contribution is 0.594. The molecule has 0 saturated carbocycles. The van der Waals surface area contributed by atoms with Crippen LogP contribution < -0.4 is 4.31 Å². The minimum absolute atomic E-state index is 0.279. The van der Waals surface area contributed by atoms with Gasteiger partial charge in [0.25, 0.3) is 10.0 Å². The van der Waals surface area contributed by atoms with Gasteiger partial charge in [-0.25, -0.2) is 8.42 Å². The van der Waals surface area contributed by atoms with Crippen LogP contribution in [-0.4, -0.2) is 15.5 Å². The SMILES string of the molecule is Cc1ccc(S(=O)(=O)N(C)c2ccc(Cl)c(Cl)c2)c(C)c1. The lowest BCUT2D eigenvalue weighted by Crippen LogP contribution is -2.27. The topological polar surface area (TPSA) is 37.4 Å². The van der Waals surface area contributed by atoms with Crippen LogP contribution >= 0.6 is 23.2 Å². The van der Waals surface area contributed by atoms with Gasteiger partial charge in [-0.1, -0.05) is 40.9 Å². The van der Waals surface area contributed by atoms with Gasteiger partial charge in [0.1, 0.15) is 0 Å². The molecule has 0 fully saturated rings. The number of rotatable bonds is 3. The van der Waals surface area contributed by atoms with Crippen molar-refractivity contribution >= 4 is 38.9 Å². The van der Waals surface area contributed by atoms with Gasteiger partial charge in [-0.05, 0) is 43.7 Å². The number of hydrogen-bond donors (Lipinski definition) is 0. The van der Waals surface area contributed by atoms with Crippen molar-refractivity contribution in [1.29, 1.82) is 0 Å². The molecule has 0 aliphatic heterocycles. The molecule has 0 radical (unpaired) electrons. The van der Waals surface area contributed by atoms with Gasteiger partial charge < -0.3 is 0 Å². The highest BCUT2D eigenvalue weighted by molar-refractivity contribution is 7.92. The Morgan fingerprint density at radius 2 is 1.62 bits per heavy atom. The van der Waals surface area contributed by atoms with E-state index in [9.17, 15) is 8.42 Å². The number of halogens is 2. The Morgan fingerprint density at radius 1 is 0.952 bits per heavy atom. The molecule has 0 aliphatic carbocycles. The van der Waals surface area contributed by atoms with Gasteiger partial charge in [0.15, 0.2) is 0 Å². The van der Waals surface area contributed by atoms with Crippen molar-refractivity contribution in [3.8, 4) is 0 Å². The van der Waals surface area contributed by atoms with E-state index < -0.39 is 10.0 Å². The summed E-state index contributed by atoms with van der Waals surface area (Å²) in [4.78, 5) is 0.279. The number of sulfonamides is 1. The summed E-state index contributed by atoms with van der Waals surface area (Å²) in [6.45, 7) is 3.70. The van der Waals surface area contributed by atoms with E-state index >= 15 is 0 Å². The summed E-state index contributed by atoms with van der Waals surface area (Å²) in [6.07, 6.45) is 0. The van der Waals surface area contributed by atoms with Crippen LogP contribution in [0.1, 0.15) is 11.1 Å². The van der Waals surface area contributed by atoms with Crippen LogP contribution in [0.4, 0.5) is 5.69 Å². The second-order valence-corrected chi connectivity index (χ2v) is 7.59. The predicted octanol–water partition coefficient (Wildman–Crippen LogP) is 4.44. The standard InChI is InChI=1S/C15H15Cl2NO2S/c1-10-4-7-15(11(2)8-10)21(19,20)18(3)12-5-6-13(16)14(17)9-12/h4-9H,1-3H3. The van der Waals surface area contributed by atoms with Gasteiger partial charge in [0.05, 0.1) is 20.6 Å². The molecule has 0 unspecified atom stereocenters. The van der Waals surface area contributed by atoms with Crippen LogP contribution in [0.3, 0.4) is 0 Å². The molecule has 6 heteroatoms. The fourth-order valence-electron chi connectivity index (χ4n) is 2.06. The van der Waals surface area contributed by atoms with E-state index in [0.29, 0.717) is 21.3 Å². The largest absolute Gasteiger partial charge is 0.269 e. The Balaban J connectivity index is 2.49. The second kappa shape index (κ2) is 5.87. The lowest BCUT2D eigenvalue weighted by atomic mass is 10.2. The Labute approximate surface area is 135 Å². The first-order valence-corrected chi connectivity index (χ1v) is 8.44. The Bertz CT molecular complexity index is 788. The molecule has 0 aromatic heterocycles. The first kappa shape index (κ1) is 16.1. The van der Waals surface area contributed by atoms with E-state index in [1.54, 1.807) is 31.2 Å². The molecule has 0 spiro atoms. The highest BCUT2D eigenvalue weighted by Crippen LogP contribution is 2.30. The Kier molecular flexibility index (Phi) is 4.51. The van der Waals surface area contributed by atoms with Crippen molar-refractivity contribution in [3.05, 3.63) is 57.6 Å². The highest BCUT2D eigenvalue weighted by Gasteiger charge is 2.23. The fourth-order valence-corrected chi connectivity index (χ4v) is 3.74. The molecule has 2 rings (SSSR count).